The maximum absolute atomic E-state index is 14.3. The average Bonchev–Trinajstić information content (AvgIpc) is 3.92. The Bertz CT molecular complexity index is 1710. The van der Waals surface area contributed by atoms with Crippen LogP contribution in [0.3, 0.4) is 0 Å². The second-order valence-corrected chi connectivity index (χ2v) is 16.8. The van der Waals surface area contributed by atoms with E-state index in [4.69, 9.17) is 14.2 Å². The minimum absolute atomic E-state index is 0.0248. The highest BCUT2D eigenvalue weighted by Crippen LogP contribution is 2.38. The van der Waals surface area contributed by atoms with Crippen molar-refractivity contribution in [2.75, 3.05) is 13.7 Å². The van der Waals surface area contributed by atoms with Gasteiger partial charge in [0.1, 0.15) is 35.1 Å². The van der Waals surface area contributed by atoms with Crippen molar-refractivity contribution in [1.29, 1.82) is 0 Å². The molecule has 0 bridgehead atoms. The summed E-state index contributed by atoms with van der Waals surface area (Å²) in [5.41, 5.74) is -3.01. The van der Waals surface area contributed by atoms with Crippen molar-refractivity contribution in [2.24, 2.45) is 5.41 Å². The Morgan fingerprint density at radius 3 is 2.31 bits per heavy atom. The number of hydrogen-bond donors (Lipinski definition) is 3. The SMILES string of the molecule is COc1ccc2c(O[C@@H]3C[C@@H](C(=O)NC4(C(=O)NS(=O)(=O)C5CC5)CC4)N(C(=O)[C@@H](NC(=O)OC(C)(C)C)C(C)(C)C)C3)nccc2c1. The number of ether oxygens (including phenoxy) is 3. The molecule has 3 fully saturated rings. The van der Waals surface area contributed by atoms with Crippen LogP contribution in [-0.4, -0.2) is 90.3 Å². The fourth-order valence-corrected chi connectivity index (χ4v) is 7.04. The molecule has 3 atom stereocenters. The number of nitrogens with one attached hydrogen (secondary N) is 3. The van der Waals surface area contributed by atoms with Gasteiger partial charge in [0.15, 0.2) is 0 Å². The highest BCUT2D eigenvalue weighted by atomic mass is 32.2. The molecule has 4 amide bonds. The summed E-state index contributed by atoms with van der Waals surface area (Å²) in [5.74, 6) is -1.01. The molecule has 3 N–H and O–H groups in total. The van der Waals surface area contributed by atoms with E-state index in [1.165, 1.54) is 4.90 Å². The molecule has 48 heavy (non-hydrogen) atoms. The Morgan fingerprint density at radius 2 is 1.73 bits per heavy atom. The first-order valence-corrected chi connectivity index (χ1v) is 17.6. The van der Waals surface area contributed by atoms with E-state index in [-0.39, 0.29) is 25.8 Å². The van der Waals surface area contributed by atoms with Gasteiger partial charge in [-0.3, -0.25) is 19.1 Å². The Hall–Kier alpha value is -4.14. The lowest BCUT2D eigenvalue weighted by atomic mass is 9.85. The van der Waals surface area contributed by atoms with Crippen molar-refractivity contribution in [2.45, 2.75) is 108 Å². The van der Waals surface area contributed by atoms with Crippen molar-refractivity contribution in [1.82, 2.24) is 25.2 Å². The molecule has 262 valence electrons. The zero-order valence-corrected chi connectivity index (χ0v) is 29.2. The molecule has 1 aliphatic heterocycles. The molecular formula is C33H45N5O9S. The largest absolute Gasteiger partial charge is 0.497 e. The molecule has 2 aliphatic carbocycles. The molecule has 2 saturated carbocycles. The number of methoxy groups -OCH3 is 1. The first-order valence-electron chi connectivity index (χ1n) is 16.1. The number of sulfonamides is 1. The van der Waals surface area contributed by atoms with Gasteiger partial charge < -0.3 is 29.7 Å². The number of pyridine rings is 1. The molecule has 14 nitrogen and oxygen atoms in total. The minimum Gasteiger partial charge on any atom is -0.497 e. The molecule has 0 spiro atoms. The molecule has 5 rings (SSSR count). The van der Waals surface area contributed by atoms with Crippen LogP contribution in [-0.2, 0) is 29.1 Å². The van der Waals surface area contributed by atoms with Crippen LogP contribution in [0.15, 0.2) is 30.5 Å². The van der Waals surface area contributed by atoms with Gasteiger partial charge >= 0.3 is 6.09 Å². The smallest absolute Gasteiger partial charge is 0.408 e. The van der Waals surface area contributed by atoms with Gasteiger partial charge in [-0.1, -0.05) is 20.8 Å². The van der Waals surface area contributed by atoms with Crippen LogP contribution in [0.5, 0.6) is 11.6 Å². The summed E-state index contributed by atoms with van der Waals surface area (Å²) in [6.07, 6.45) is 1.62. The van der Waals surface area contributed by atoms with Crippen molar-refractivity contribution in [3.63, 3.8) is 0 Å². The van der Waals surface area contributed by atoms with Crippen LogP contribution in [0.2, 0.25) is 0 Å². The van der Waals surface area contributed by atoms with Gasteiger partial charge in [-0.15, -0.1) is 0 Å². The van der Waals surface area contributed by atoms with Crippen LogP contribution in [0, 0.1) is 5.41 Å². The summed E-state index contributed by atoms with van der Waals surface area (Å²) in [5, 5.41) is 6.35. The number of benzene rings is 1. The number of fused-ring (bicyclic) bond motifs is 1. The summed E-state index contributed by atoms with van der Waals surface area (Å²) < 4.78 is 44.2. The third-order valence-electron chi connectivity index (χ3n) is 8.58. The van der Waals surface area contributed by atoms with E-state index >= 15 is 0 Å². The van der Waals surface area contributed by atoms with Gasteiger partial charge in [-0.2, -0.15) is 0 Å². The summed E-state index contributed by atoms with van der Waals surface area (Å²) in [6, 6.07) is 5.04. The first kappa shape index (κ1) is 35.2. The van der Waals surface area contributed by atoms with Gasteiger partial charge in [0.25, 0.3) is 5.91 Å². The first-order chi connectivity index (χ1) is 22.3. The normalized spacial score (nSPS) is 21.2. The van der Waals surface area contributed by atoms with Crippen LogP contribution in [0.25, 0.3) is 10.8 Å². The quantitative estimate of drug-likeness (QED) is 0.336. The Balaban J connectivity index is 1.41. The zero-order valence-electron chi connectivity index (χ0n) is 28.4. The van der Waals surface area contributed by atoms with E-state index in [0.29, 0.717) is 29.9 Å². The fourth-order valence-electron chi connectivity index (χ4n) is 5.66. The van der Waals surface area contributed by atoms with Gasteiger partial charge in [0.2, 0.25) is 27.7 Å². The van der Waals surface area contributed by atoms with Crippen molar-refractivity contribution >= 4 is 44.6 Å². The van der Waals surface area contributed by atoms with Crippen molar-refractivity contribution < 1.29 is 41.8 Å². The number of aromatic nitrogens is 1. The lowest BCUT2D eigenvalue weighted by Gasteiger charge is -2.36. The number of alkyl carbamates (subject to hydrolysis) is 1. The second kappa shape index (κ2) is 12.7. The number of hydrogen-bond acceptors (Lipinski definition) is 10. The Morgan fingerprint density at radius 1 is 1.04 bits per heavy atom. The summed E-state index contributed by atoms with van der Waals surface area (Å²) in [6.45, 7) is 10.4. The highest BCUT2D eigenvalue weighted by molar-refractivity contribution is 7.91. The van der Waals surface area contributed by atoms with Crippen molar-refractivity contribution in [3.8, 4) is 11.6 Å². The topological polar surface area (TPSA) is 182 Å². The number of likely N-dealkylation sites (tertiary alicyclic amines) is 1. The molecule has 15 heteroatoms. The standard InChI is InChI=1S/C33H45N5O9S/c1-31(2,3)25(35-30(42)47-32(4,5)6)28(40)38-18-21(46-27-23-11-8-20(45-7)16-19(23)12-15-34-27)17-24(38)26(39)36-33(13-14-33)29(41)37-48(43,44)22-9-10-22/h8,11-12,15-16,21-22,24-25H,9-10,13-14,17-18H2,1-7H3,(H,35,42)(H,36,39)(H,37,41)/t21-,24+,25-/m1/s1. The summed E-state index contributed by atoms with van der Waals surface area (Å²) in [7, 11) is -2.26. The number of amides is 4. The molecule has 0 radical (unpaired) electrons. The van der Waals surface area contributed by atoms with Crippen LogP contribution >= 0.6 is 0 Å². The molecule has 2 aromatic rings. The molecule has 1 aromatic carbocycles. The maximum Gasteiger partial charge on any atom is 0.408 e. The van der Waals surface area contributed by atoms with E-state index < -0.39 is 73.8 Å². The number of carbonyl (C=O) groups is 4. The molecular weight excluding hydrogens is 642 g/mol. The zero-order chi connectivity index (χ0) is 35.2. The van der Waals surface area contributed by atoms with Crippen molar-refractivity contribution in [3.05, 3.63) is 30.5 Å². The average molecular weight is 688 g/mol. The van der Waals surface area contributed by atoms with Gasteiger partial charge in [0.05, 0.1) is 18.9 Å². The van der Waals surface area contributed by atoms with E-state index in [1.54, 1.807) is 60.9 Å². The Labute approximate surface area is 280 Å². The third kappa shape index (κ3) is 7.93. The molecule has 1 aromatic heterocycles. The molecule has 1 saturated heterocycles. The number of carbonyl (C=O) groups excluding carboxylic acids is 4. The fraction of sp³-hybridized carbons (Fsp3) is 0.606. The van der Waals surface area contributed by atoms with E-state index in [9.17, 15) is 27.6 Å². The van der Waals surface area contributed by atoms with E-state index in [2.05, 4.69) is 20.3 Å². The monoisotopic (exact) mass is 687 g/mol. The third-order valence-corrected chi connectivity index (χ3v) is 10.4. The van der Waals surface area contributed by atoms with E-state index in [0.717, 1.165) is 5.39 Å². The van der Waals surface area contributed by atoms with Gasteiger partial charge in [-0.25, -0.2) is 18.2 Å². The predicted octanol–water partition coefficient (Wildman–Crippen LogP) is 2.79. The van der Waals surface area contributed by atoms with Gasteiger partial charge in [-0.05, 0) is 81.5 Å². The maximum atomic E-state index is 14.3. The number of rotatable bonds is 10. The van der Waals surface area contributed by atoms with Gasteiger partial charge in [0, 0.05) is 18.0 Å². The predicted molar refractivity (Wildman–Crippen MR) is 176 cm³/mol. The Kier molecular flexibility index (Phi) is 9.32. The van der Waals surface area contributed by atoms with Crippen LogP contribution in [0.1, 0.15) is 73.6 Å². The van der Waals surface area contributed by atoms with E-state index in [1.807, 2.05) is 18.2 Å². The lowest BCUT2D eigenvalue weighted by Crippen LogP contribution is -2.60. The van der Waals surface area contributed by atoms with Crippen LogP contribution < -0.4 is 24.8 Å². The molecule has 3 aliphatic rings. The van der Waals surface area contributed by atoms with Crippen LogP contribution in [0.4, 0.5) is 4.79 Å². The molecule has 2 heterocycles. The molecule has 0 unspecified atom stereocenters. The summed E-state index contributed by atoms with van der Waals surface area (Å²) >= 11 is 0. The summed E-state index contributed by atoms with van der Waals surface area (Å²) in [4.78, 5) is 60.0. The minimum atomic E-state index is -3.83. The number of nitrogens with zero attached hydrogens (tertiary/aromatic N) is 2. The highest BCUT2D eigenvalue weighted by Gasteiger charge is 2.55. The lowest BCUT2D eigenvalue weighted by molar-refractivity contribution is -0.143. The second-order valence-electron chi connectivity index (χ2n) is 14.9.